The van der Waals surface area contributed by atoms with Gasteiger partial charge in [0, 0.05) is 44.0 Å². The molecule has 35 heavy (non-hydrogen) atoms. The van der Waals surface area contributed by atoms with Gasteiger partial charge in [-0.25, -0.2) is 20.5 Å². The molecule has 0 bridgehead atoms. The monoisotopic (exact) mass is 495 g/mol. The van der Waals surface area contributed by atoms with E-state index in [9.17, 15) is 22.8 Å². The highest BCUT2D eigenvalue weighted by atomic mass is 19.4. The molecule has 0 aromatic carbocycles. The molecule has 2 aromatic rings. The number of aromatic nitrogens is 4. The molecule has 2 aliphatic rings. The molecule has 0 radical (unpaired) electrons. The van der Waals surface area contributed by atoms with E-state index >= 15 is 0 Å². The minimum Gasteiger partial charge on any atom is -0.365 e. The van der Waals surface area contributed by atoms with Crippen molar-refractivity contribution in [3.05, 3.63) is 40.1 Å². The smallest absolute Gasteiger partial charge is 0.365 e. The Kier molecular flexibility index (Phi) is 7.53. The Morgan fingerprint density at radius 1 is 1.23 bits per heavy atom. The third kappa shape index (κ3) is 6.08. The first kappa shape index (κ1) is 24.9. The average molecular weight is 496 g/mol. The number of anilines is 2. The molecular weight excluding hydrogens is 467 g/mol. The molecule has 1 amide bonds. The molecule has 0 spiro atoms. The number of nitrogens with zero attached hydrogens (tertiary/aromatic N) is 5. The highest BCUT2D eigenvalue weighted by Crippen LogP contribution is 2.29. The van der Waals surface area contributed by atoms with Gasteiger partial charge in [-0.3, -0.25) is 14.4 Å². The second kappa shape index (κ2) is 10.6. The number of piperidine rings is 1. The predicted molar refractivity (Wildman–Crippen MR) is 121 cm³/mol. The lowest BCUT2D eigenvalue weighted by Gasteiger charge is -2.35. The standard InChI is InChI=1S/C22H28F3N7O3/c1-14(32-6-2-3-17-18(32)12-28-29-20(17)34)13-35-30-19(33)9-15-4-7-31(8-5-15)21-26-10-16(11-27-21)22(23,24)25/h10-12,14-15H,2-9,13H2,1H3,(H,29,34)(H,30,33). The Bertz CT molecular complexity index is 1070. The van der Waals surface area contributed by atoms with Gasteiger partial charge in [-0.1, -0.05) is 0 Å². The zero-order valence-electron chi connectivity index (χ0n) is 19.3. The number of fused-ring (bicyclic) bond motifs is 1. The number of rotatable bonds is 7. The van der Waals surface area contributed by atoms with Crippen molar-refractivity contribution in [2.45, 2.75) is 51.2 Å². The fourth-order valence-corrected chi connectivity index (χ4v) is 4.51. The van der Waals surface area contributed by atoms with Crippen molar-refractivity contribution in [3.63, 3.8) is 0 Å². The highest BCUT2D eigenvalue weighted by Gasteiger charge is 2.32. The van der Waals surface area contributed by atoms with Gasteiger partial charge in [0.15, 0.2) is 0 Å². The summed E-state index contributed by atoms with van der Waals surface area (Å²) in [6.07, 6.45) is 2.00. The van der Waals surface area contributed by atoms with Crippen molar-refractivity contribution in [1.82, 2.24) is 25.6 Å². The summed E-state index contributed by atoms with van der Waals surface area (Å²) in [6.45, 7) is 4.10. The van der Waals surface area contributed by atoms with Gasteiger partial charge in [0.05, 0.1) is 30.1 Å². The number of carbonyl (C=O) groups excluding carboxylic acids is 1. The highest BCUT2D eigenvalue weighted by molar-refractivity contribution is 5.75. The SMILES string of the molecule is CC(CONC(=O)CC1CCN(c2ncc(C(F)(F)F)cn2)CC1)N1CCCc2c1cn[nH]c2=O. The van der Waals surface area contributed by atoms with Crippen LogP contribution in [0.3, 0.4) is 0 Å². The molecule has 0 aliphatic carbocycles. The van der Waals surface area contributed by atoms with Crippen LogP contribution in [-0.2, 0) is 22.2 Å². The van der Waals surface area contributed by atoms with E-state index in [0.29, 0.717) is 38.8 Å². The Hall–Kier alpha value is -3.22. The molecule has 2 aliphatic heterocycles. The van der Waals surface area contributed by atoms with E-state index in [0.717, 1.165) is 36.6 Å². The summed E-state index contributed by atoms with van der Waals surface area (Å²) in [5.74, 6) is 0.168. The number of H-pyrrole nitrogens is 1. The van der Waals surface area contributed by atoms with Crippen LogP contribution >= 0.6 is 0 Å². The molecule has 1 unspecified atom stereocenters. The Morgan fingerprint density at radius 2 is 1.94 bits per heavy atom. The molecule has 0 saturated carbocycles. The van der Waals surface area contributed by atoms with Crippen molar-refractivity contribution in [2.75, 3.05) is 36.0 Å². The third-order valence-corrected chi connectivity index (χ3v) is 6.45. The minimum absolute atomic E-state index is 0.0649. The zero-order valence-corrected chi connectivity index (χ0v) is 19.3. The maximum atomic E-state index is 12.7. The minimum atomic E-state index is -4.46. The Morgan fingerprint density at radius 3 is 2.63 bits per heavy atom. The largest absolute Gasteiger partial charge is 0.419 e. The van der Waals surface area contributed by atoms with Gasteiger partial charge >= 0.3 is 6.18 Å². The van der Waals surface area contributed by atoms with E-state index in [2.05, 4.69) is 30.5 Å². The molecule has 4 rings (SSSR count). The van der Waals surface area contributed by atoms with Crippen molar-refractivity contribution >= 4 is 17.5 Å². The first-order valence-corrected chi connectivity index (χ1v) is 11.6. The number of carbonyl (C=O) groups is 1. The quantitative estimate of drug-likeness (QED) is 0.561. The van der Waals surface area contributed by atoms with Crippen LogP contribution in [0.1, 0.15) is 43.7 Å². The second-order valence-electron chi connectivity index (χ2n) is 8.95. The van der Waals surface area contributed by atoms with E-state index in [-0.39, 0.29) is 36.0 Å². The van der Waals surface area contributed by atoms with Crippen molar-refractivity contribution in [2.24, 2.45) is 5.92 Å². The zero-order chi connectivity index (χ0) is 25.0. The summed E-state index contributed by atoms with van der Waals surface area (Å²) < 4.78 is 38.0. The number of hydrogen-bond acceptors (Lipinski definition) is 8. The van der Waals surface area contributed by atoms with E-state index in [1.807, 2.05) is 11.8 Å². The van der Waals surface area contributed by atoms with Gasteiger partial charge in [-0.2, -0.15) is 18.3 Å². The lowest BCUT2D eigenvalue weighted by Crippen LogP contribution is -2.43. The number of aromatic amines is 1. The van der Waals surface area contributed by atoms with Crippen LogP contribution < -0.4 is 20.8 Å². The van der Waals surface area contributed by atoms with Crippen LogP contribution in [0.4, 0.5) is 24.8 Å². The lowest BCUT2D eigenvalue weighted by molar-refractivity contribution is -0.138. The molecule has 190 valence electrons. The summed E-state index contributed by atoms with van der Waals surface area (Å²) in [5.41, 5.74) is 2.97. The topological polar surface area (TPSA) is 116 Å². The van der Waals surface area contributed by atoms with Gasteiger partial charge in [-0.05, 0) is 38.5 Å². The maximum Gasteiger partial charge on any atom is 0.419 e. The summed E-state index contributed by atoms with van der Waals surface area (Å²) >= 11 is 0. The second-order valence-corrected chi connectivity index (χ2v) is 8.95. The number of hydroxylamine groups is 1. The summed E-state index contributed by atoms with van der Waals surface area (Å²) in [7, 11) is 0. The van der Waals surface area contributed by atoms with Gasteiger partial charge < -0.3 is 9.80 Å². The maximum absolute atomic E-state index is 12.7. The number of amides is 1. The summed E-state index contributed by atoms with van der Waals surface area (Å²) in [5, 5.41) is 6.36. The fourth-order valence-electron chi connectivity index (χ4n) is 4.51. The first-order valence-electron chi connectivity index (χ1n) is 11.6. The van der Waals surface area contributed by atoms with E-state index in [1.54, 1.807) is 6.20 Å². The van der Waals surface area contributed by atoms with E-state index in [1.165, 1.54) is 0 Å². The molecule has 4 heterocycles. The third-order valence-electron chi connectivity index (χ3n) is 6.45. The molecule has 1 atom stereocenters. The Balaban J connectivity index is 1.19. The van der Waals surface area contributed by atoms with Crippen LogP contribution in [0.25, 0.3) is 0 Å². The van der Waals surface area contributed by atoms with Crippen LogP contribution in [0.2, 0.25) is 0 Å². The number of nitrogens with one attached hydrogen (secondary N) is 2. The molecular formula is C22H28F3N7O3. The average Bonchev–Trinajstić information content (AvgIpc) is 2.84. The molecule has 2 aromatic heterocycles. The molecule has 1 saturated heterocycles. The Labute approximate surface area is 199 Å². The van der Waals surface area contributed by atoms with E-state index < -0.39 is 11.7 Å². The lowest BCUT2D eigenvalue weighted by atomic mass is 9.93. The van der Waals surface area contributed by atoms with Crippen molar-refractivity contribution in [3.8, 4) is 0 Å². The number of halogens is 3. The summed E-state index contributed by atoms with van der Waals surface area (Å²) in [4.78, 5) is 41.4. The van der Waals surface area contributed by atoms with Gasteiger partial charge in [0.2, 0.25) is 11.9 Å². The van der Waals surface area contributed by atoms with Crippen molar-refractivity contribution < 1.29 is 22.8 Å². The van der Waals surface area contributed by atoms with Crippen LogP contribution in [0.15, 0.2) is 23.4 Å². The molecule has 13 heteroatoms. The van der Waals surface area contributed by atoms with Crippen LogP contribution in [0, 0.1) is 5.92 Å². The van der Waals surface area contributed by atoms with Crippen LogP contribution in [-0.4, -0.2) is 58.4 Å². The van der Waals surface area contributed by atoms with Crippen molar-refractivity contribution in [1.29, 1.82) is 0 Å². The molecule has 2 N–H and O–H groups in total. The van der Waals surface area contributed by atoms with E-state index in [4.69, 9.17) is 4.84 Å². The summed E-state index contributed by atoms with van der Waals surface area (Å²) in [6, 6.07) is -0.0649. The number of alkyl halides is 3. The number of hydrogen-bond donors (Lipinski definition) is 2. The van der Waals surface area contributed by atoms with Gasteiger partial charge in [-0.15, -0.1) is 0 Å². The molecule has 10 nitrogen and oxygen atoms in total. The predicted octanol–water partition coefficient (Wildman–Crippen LogP) is 2.07. The van der Waals surface area contributed by atoms with Gasteiger partial charge in [0.25, 0.3) is 5.56 Å². The normalized spacial score (nSPS) is 17.7. The van der Waals surface area contributed by atoms with Crippen LogP contribution in [0.5, 0.6) is 0 Å². The van der Waals surface area contributed by atoms with Gasteiger partial charge in [0.1, 0.15) is 0 Å². The fraction of sp³-hybridized carbons (Fsp3) is 0.591. The first-order chi connectivity index (χ1) is 16.7. The molecule has 1 fully saturated rings.